The van der Waals surface area contributed by atoms with Crippen molar-refractivity contribution in [3.8, 4) is 11.3 Å². The summed E-state index contributed by atoms with van der Waals surface area (Å²) in [5.41, 5.74) is 4.61. The molecule has 5 rings (SSSR count). The van der Waals surface area contributed by atoms with Gasteiger partial charge >= 0.3 is 0 Å². The van der Waals surface area contributed by atoms with Gasteiger partial charge in [-0.25, -0.2) is 9.07 Å². The lowest BCUT2D eigenvalue weighted by molar-refractivity contribution is 0.0784. The van der Waals surface area contributed by atoms with E-state index in [2.05, 4.69) is 26.8 Å². The molecule has 0 aliphatic rings. The van der Waals surface area contributed by atoms with Crippen molar-refractivity contribution in [1.82, 2.24) is 29.5 Å². The Morgan fingerprint density at radius 2 is 1.94 bits per heavy atom. The molecule has 4 aromatic heterocycles. The van der Waals surface area contributed by atoms with Gasteiger partial charge in [-0.05, 0) is 57.5 Å². The van der Waals surface area contributed by atoms with Crippen LogP contribution in [0.15, 0.2) is 42.7 Å². The van der Waals surface area contributed by atoms with E-state index in [-0.39, 0.29) is 5.82 Å². The second-order valence-corrected chi connectivity index (χ2v) is 10.1. The molecular weight excluding hydrogens is 479 g/mol. The number of fused-ring (bicyclic) bond motifs is 3. The molecule has 0 unspecified atom stereocenters. The van der Waals surface area contributed by atoms with E-state index >= 15 is 4.39 Å². The van der Waals surface area contributed by atoms with E-state index in [9.17, 15) is 5.11 Å². The predicted octanol–water partition coefficient (Wildman–Crippen LogP) is 6.10. The van der Waals surface area contributed by atoms with Gasteiger partial charge in [0.2, 0.25) is 0 Å². The summed E-state index contributed by atoms with van der Waals surface area (Å²) in [6.45, 7) is 7.39. The molecule has 5 aromatic rings. The first kappa shape index (κ1) is 24.3. The maximum absolute atomic E-state index is 15.1. The van der Waals surface area contributed by atoms with Gasteiger partial charge in [-0.2, -0.15) is 0 Å². The van der Waals surface area contributed by atoms with Crippen molar-refractivity contribution in [3.63, 3.8) is 0 Å². The third-order valence-electron chi connectivity index (χ3n) is 6.66. The third-order valence-corrected chi connectivity index (χ3v) is 6.97. The third kappa shape index (κ3) is 3.94. The first-order valence-electron chi connectivity index (χ1n) is 11.9. The molecule has 0 saturated carbocycles. The summed E-state index contributed by atoms with van der Waals surface area (Å²) in [4.78, 5) is 9.18. The molecule has 0 radical (unpaired) electrons. The number of nitrogens with zero attached hydrogens (tertiary/aromatic N) is 6. The highest BCUT2D eigenvalue weighted by Crippen LogP contribution is 2.41. The summed E-state index contributed by atoms with van der Waals surface area (Å²) in [7, 11) is 1.83. The van der Waals surface area contributed by atoms with Crippen molar-refractivity contribution in [2.24, 2.45) is 7.05 Å². The minimum atomic E-state index is -1.10. The van der Waals surface area contributed by atoms with E-state index in [1.165, 1.54) is 6.07 Å². The Labute approximate surface area is 213 Å². The van der Waals surface area contributed by atoms with Crippen molar-refractivity contribution < 1.29 is 9.50 Å². The zero-order valence-corrected chi connectivity index (χ0v) is 21.7. The van der Waals surface area contributed by atoms with Crippen molar-refractivity contribution in [3.05, 3.63) is 70.5 Å². The van der Waals surface area contributed by atoms with Gasteiger partial charge in [0, 0.05) is 36.0 Å². The molecule has 0 aliphatic carbocycles. The fourth-order valence-electron chi connectivity index (χ4n) is 4.91. The average molecular weight is 507 g/mol. The van der Waals surface area contributed by atoms with E-state index in [0.29, 0.717) is 22.7 Å². The molecule has 4 heterocycles. The average Bonchev–Trinajstić information content (AvgIpc) is 3.32. The molecule has 186 valence electrons. The van der Waals surface area contributed by atoms with Crippen LogP contribution in [-0.4, -0.2) is 34.6 Å². The van der Waals surface area contributed by atoms with Crippen LogP contribution in [0.25, 0.3) is 33.2 Å². The van der Waals surface area contributed by atoms with Crippen molar-refractivity contribution in [2.75, 3.05) is 0 Å². The van der Waals surface area contributed by atoms with Crippen LogP contribution in [0.4, 0.5) is 4.39 Å². The van der Waals surface area contributed by atoms with Crippen LogP contribution in [0.1, 0.15) is 56.6 Å². The number of rotatable bonds is 6. The van der Waals surface area contributed by atoms with Crippen LogP contribution in [0.5, 0.6) is 0 Å². The highest BCUT2D eigenvalue weighted by molar-refractivity contribution is 6.34. The highest BCUT2D eigenvalue weighted by atomic mass is 35.5. The lowest BCUT2D eigenvalue weighted by Crippen LogP contribution is -2.17. The Hall–Kier alpha value is -3.36. The fraction of sp³-hybridized carbons (Fsp3) is 0.333. The molecular formula is C27H28ClFN6O. The summed E-state index contributed by atoms with van der Waals surface area (Å²) in [5.74, 6) is -0.363. The normalized spacial score (nSPS) is 13.1. The number of aryl methyl sites for hydroxylation is 2. The largest absolute Gasteiger partial charge is 0.386 e. The summed E-state index contributed by atoms with van der Waals surface area (Å²) in [6.07, 6.45) is 4.76. The second-order valence-electron chi connectivity index (χ2n) is 9.69. The zero-order chi connectivity index (χ0) is 25.8. The van der Waals surface area contributed by atoms with Crippen molar-refractivity contribution in [2.45, 2.75) is 52.2 Å². The number of aliphatic hydroxyl groups is 1. The van der Waals surface area contributed by atoms with Crippen molar-refractivity contribution in [1.29, 1.82) is 0 Å². The Balaban J connectivity index is 1.92. The van der Waals surface area contributed by atoms with Gasteiger partial charge in [-0.15, -0.1) is 5.10 Å². The lowest BCUT2D eigenvalue weighted by atomic mass is 10.00. The van der Waals surface area contributed by atoms with Crippen LogP contribution >= 0.6 is 11.6 Å². The monoisotopic (exact) mass is 506 g/mol. The number of hydrogen-bond acceptors (Lipinski definition) is 5. The van der Waals surface area contributed by atoms with E-state index < -0.39 is 11.6 Å². The van der Waals surface area contributed by atoms with Gasteiger partial charge in [-0.3, -0.25) is 9.97 Å². The molecule has 0 spiro atoms. The van der Waals surface area contributed by atoms with Crippen LogP contribution in [-0.2, 0) is 12.6 Å². The molecule has 1 atom stereocenters. The van der Waals surface area contributed by atoms with Crippen molar-refractivity contribution >= 4 is 33.5 Å². The lowest BCUT2D eigenvalue weighted by Gasteiger charge is -2.22. The van der Waals surface area contributed by atoms with Gasteiger partial charge in [0.15, 0.2) is 0 Å². The van der Waals surface area contributed by atoms with E-state index in [4.69, 9.17) is 16.6 Å². The van der Waals surface area contributed by atoms with Crippen LogP contribution < -0.4 is 0 Å². The predicted molar refractivity (Wildman–Crippen MR) is 139 cm³/mol. The number of halogens is 2. The molecule has 1 N–H and O–H groups in total. The maximum atomic E-state index is 15.1. The zero-order valence-electron chi connectivity index (χ0n) is 20.9. The highest BCUT2D eigenvalue weighted by Gasteiger charge is 2.27. The van der Waals surface area contributed by atoms with E-state index in [1.807, 2.05) is 32.2 Å². The standard InChI is InChI=1S/C27H28ClFN6O/c1-6-8-21(25-20(29)9-7-10-30-25)35-22-13-17(26-15(2)32-33-34(26)5)19(28)12-18(22)24-23(35)11-16(14-31-24)27(3,4)36/h7,9-14,21,36H,6,8H2,1-5H3/t21-/m1/s1. The second kappa shape index (κ2) is 8.94. The summed E-state index contributed by atoms with van der Waals surface area (Å²) in [5, 5.41) is 20.4. The van der Waals surface area contributed by atoms with Gasteiger partial charge in [0.25, 0.3) is 0 Å². The van der Waals surface area contributed by atoms with Gasteiger partial charge < -0.3 is 9.67 Å². The van der Waals surface area contributed by atoms with Crippen LogP contribution in [0.3, 0.4) is 0 Å². The Bertz CT molecular complexity index is 1580. The number of benzene rings is 1. The van der Waals surface area contributed by atoms with E-state index in [1.54, 1.807) is 37.0 Å². The number of pyridine rings is 2. The first-order chi connectivity index (χ1) is 17.1. The van der Waals surface area contributed by atoms with Gasteiger partial charge in [0.1, 0.15) is 5.82 Å². The maximum Gasteiger partial charge on any atom is 0.146 e. The van der Waals surface area contributed by atoms with Gasteiger partial charge in [-0.1, -0.05) is 30.2 Å². The molecule has 1 aromatic carbocycles. The summed E-state index contributed by atoms with van der Waals surface area (Å²) >= 11 is 6.82. The molecule has 0 bridgehead atoms. The number of hydrogen-bond donors (Lipinski definition) is 1. The fourth-order valence-corrected chi connectivity index (χ4v) is 5.16. The van der Waals surface area contributed by atoms with Gasteiger partial charge in [0.05, 0.1) is 50.3 Å². The minimum Gasteiger partial charge on any atom is -0.386 e. The quantitative estimate of drug-likeness (QED) is 0.301. The summed E-state index contributed by atoms with van der Waals surface area (Å²) < 4.78 is 18.9. The van der Waals surface area contributed by atoms with E-state index in [0.717, 1.165) is 45.3 Å². The molecule has 0 saturated heterocycles. The summed E-state index contributed by atoms with van der Waals surface area (Å²) in [6, 6.07) is 8.46. The smallest absolute Gasteiger partial charge is 0.146 e. The Morgan fingerprint density at radius 1 is 1.17 bits per heavy atom. The van der Waals surface area contributed by atoms with Crippen LogP contribution in [0, 0.1) is 12.7 Å². The number of aromatic nitrogens is 6. The SMILES string of the molecule is CCC[C@H](c1ncccc1F)n1c2cc(-c3c(C)nnn3C)c(Cl)cc2c2ncc(C(C)(C)O)cc21. The molecule has 0 amide bonds. The molecule has 0 fully saturated rings. The molecule has 9 heteroatoms. The molecule has 0 aliphatic heterocycles. The molecule has 36 heavy (non-hydrogen) atoms. The first-order valence-corrected chi connectivity index (χ1v) is 12.3. The van der Waals surface area contributed by atoms with Crippen LogP contribution in [0.2, 0.25) is 5.02 Å². The Morgan fingerprint density at radius 3 is 2.58 bits per heavy atom. The minimum absolute atomic E-state index is 0.363. The topological polar surface area (TPSA) is 81.7 Å². The Kier molecular flexibility index (Phi) is 6.04. The molecule has 7 nitrogen and oxygen atoms in total.